The first-order valence-electron chi connectivity index (χ1n) is 22.6. The van der Waals surface area contributed by atoms with Gasteiger partial charge in [0.1, 0.15) is 41.8 Å². The lowest BCUT2D eigenvalue weighted by Crippen LogP contribution is -2.54. The van der Waals surface area contributed by atoms with Gasteiger partial charge in [0.2, 0.25) is 0 Å². The zero-order valence-corrected chi connectivity index (χ0v) is 38.6. The van der Waals surface area contributed by atoms with Crippen LogP contribution in [0.2, 0.25) is 0 Å². The normalized spacial score (nSPS) is 19.4. The summed E-state index contributed by atoms with van der Waals surface area (Å²) in [6.45, 7) is 11.5. The van der Waals surface area contributed by atoms with Gasteiger partial charge in [-0.3, -0.25) is 0 Å². The Labute approximate surface area is 400 Å². The summed E-state index contributed by atoms with van der Waals surface area (Å²) in [4.78, 5) is 49.2. The van der Waals surface area contributed by atoms with Gasteiger partial charge in [-0.25, -0.2) is 19.2 Å². The minimum atomic E-state index is -1.77. The van der Waals surface area contributed by atoms with Crippen LogP contribution in [0.4, 0.5) is 0 Å². The molecule has 17 nitrogen and oxygen atoms in total. The third-order valence-corrected chi connectivity index (χ3v) is 10.8. The van der Waals surface area contributed by atoms with Crippen molar-refractivity contribution in [2.24, 2.45) is 0 Å². The third kappa shape index (κ3) is 16.2. The fourth-order valence-corrected chi connectivity index (χ4v) is 6.97. The van der Waals surface area contributed by atoms with E-state index in [9.17, 15) is 29.4 Å². The van der Waals surface area contributed by atoms with E-state index in [1.807, 2.05) is 0 Å². The van der Waals surface area contributed by atoms with Crippen LogP contribution in [0.5, 0.6) is 23.0 Å². The molecule has 0 aromatic heterocycles. The molecule has 17 heteroatoms. The second-order valence-corrected chi connectivity index (χ2v) is 16.3. The van der Waals surface area contributed by atoms with Crippen LogP contribution >= 0.6 is 0 Å². The predicted molar refractivity (Wildman–Crippen MR) is 246 cm³/mol. The number of fused-ring (bicyclic) bond motifs is 1. The molecule has 4 aromatic rings. The van der Waals surface area contributed by atoms with Crippen LogP contribution in [0.1, 0.15) is 84.1 Å². The van der Waals surface area contributed by atoms with E-state index >= 15 is 0 Å². The van der Waals surface area contributed by atoms with Crippen molar-refractivity contribution in [1.29, 1.82) is 0 Å². The van der Waals surface area contributed by atoms with Crippen LogP contribution in [0, 0.1) is 0 Å². The molecule has 2 N–H and O–H groups in total. The molecule has 0 spiro atoms. The van der Waals surface area contributed by atoms with E-state index in [-0.39, 0.29) is 36.9 Å². The van der Waals surface area contributed by atoms with E-state index < -0.39 is 60.1 Å². The standard InChI is InChI=1S/C52H58O17/c1-5-45(53)62-30-9-8-29-60-39-19-11-35(12-20-39)48(55)66-41-23-15-37(16-24-41)50-63-33-44-47(68-50)43(27-32-61-44)69-52(4,58)38-17-25-42(26-18-38)67-49(56)36-13-21-40(22-14-36)65-46(54)34-59-28-7-10-31-64-51(3,57)6-2/h5-6,11-26,43-44,47,50,57-58H,1-2,7-10,27-34H2,3-4H3. The number of rotatable bonds is 25. The molecule has 0 radical (unpaired) electrons. The highest BCUT2D eigenvalue weighted by molar-refractivity contribution is 5.92. The SMILES string of the molecule is C=CC(=O)OCCCCOc1ccc(C(=O)Oc2ccc(C3OCC4OCCC(OC(C)(O)c5ccc(OC(=O)c6ccc(OC(=O)COCCCCOC(C)(O)C=C)cc6)cc5)C4O3)cc2)cc1. The van der Waals surface area contributed by atoms with Gasteiger partial charge in [-0.15, -0.1) is 0 Å². The molecule has 0 amide bonds. The average molecular weight is 955 g/mol. The molecule has 2 heterocycles. The predicted octanol–water partition coefficient (Wildman–Crippen LogP) is 7.08. The van der Waals surface area contributed by atoms with E-state index in [1.165, 1.54) is 44.2 Å². The molecule has 2 fully saturated rings. The molecule has 4 aromatic carbocycles. The third-order valence-electron chi connectivity index (χ3n) is 10.8. The zero-order chi connectivity index (χ0) is 49.2. The molecule has 6 rings (SSSR count). The first-order valence-corrected chi connectivity index (χ1v) is 22.6. The van der Waals surface area contributed by atoms with Crippen molar-refractivity contribution >= 4 is 23.9 Å². The van der Waals surface area contributed by atoms with Crippen molar-refractivity contribution in [2.75, 3.05) is 46.2 Å². The molecular weight excluding hydrogens is 897 g/mol. The zero-order valence-electron chi connectivity index (χ0n) is 38.6. The summed E-state index contributed by atoms with van der Waals surface area (Å²) >= 11 is 0. The molecule has 6 atom stereocenters. The lowest BCUT2D eigenvalue weighted by atomic mass is 9.99. The summed E-state index contributed by atoms with van der Waals surface area (Å²) in [6.07, 6.45) is 2.99. The highest BCUT2D eigenvalue weighted by Crippen LogP contribution is 2.37. The lowest BCUT2D eigenvalue weighted by Gasteiger charge is -2.45. The van der Waals surface area contributed by atoms with Crippen molar-refractivity contribution < 1.29 is 81.5 Å². The monoisotopic (exact) mass is 954 g/mol. The second-order valence-electron chi connectivity index (χ2n) is 16.3. The number of esters is 4. The summed E-state index contributed by atoms with van der Waals surface area (Å²) in [6, 6.07) is 25.5. The molecule has 69 heavy (non-hydrogen) atoms. The molecule has 2 saturated heterocycles. The maximum atomic E-state index is 12.9. The number of hydrogen-bond acceptors (Lipinski definition) is 17. The van der Waals surface area contributed by atoms with Crippen LogP contribution in [0.15, 0.2) is 122 Å². The number of carbonyl (C=O) groups is 4. The summed E-state index contributed by atoms with van der Waals surface area (Å²) in [5.41, 5.74) is 1.63. The topological polar surface area (TPSA) is 210 Å². The quantitative estimate of drug-likeness (QED) is 0.0170. The number of aliphatic hydroxyl groups is 2. The fraction of sp³-hybridized carbons (Fsp3) is 0.385. The lowest BCUT2D eigenvalue weighted by molar-refractivity contribution is -0.333. The van der Waals surface area contributed by atoms with Crippen molar-refractivity contribution in [1.82, 2.24) is 0 Å². The number of ether oxygens (including phenoxy) is 11. The van der Waals surface area contributed by atoms with Gasteiger partial charge in [-0.05, 0) is 137 Å². The van der Waals surface area contributed by atoms with Gasteiger partial charge in [0.15, 0.2) is 17.9 Å². The van der Waals surface area contributed by atoms with Gasteiger partial charge in [-0.1, -0.05) is 25.3 Å². The summed E-state index contributed by atoms with van der Waals surface area (Å²) < 4.78 is 62.3. The molecule has 0 saturated carbocycles. The van der Waals surface area contributed by atoms with Crippen LogP contribution in [-0.2, 0) is 48.5 Å². The Kier molecular flexibility index (Phi) is 19.2. The minimum absolute atomic E-state index is 0.212. The van der Waals surface area contributed by atoms with Crippen LogP contribution in [-0.4, -0.2) is 104 Å². The van der Waals surface area contributed by atoms with Crippen molar-refractivity contribution in [3.05, 3.63) is 145 Å². The second kappa shape index (κ2) is 25.4. The Hall–Kier alpha value is -6.28. The number of carbonyl (C=O) groups excluding carboxylic acids is 4. The van der Waals surface area contributed by atoms with Gasteiger partial charge < -0.3 is 62.3 Å². The van der Waals surface area contributed by atoms with Crippen LogP contribution < -0.4 is 18.9 Å². The van der Waals surface area contributed by atoms with Gasteiger partial charge in [-0.2, -0.15) is 0 Å². The molecule has 2 aliphatic rings. The van der Waals surface area contributed by atoms with E-state index in [2.05, 4.69) is 13.2 Å². The van der Waals surface area contributed by atoms with E-state index in [0.29, 0.717) is 86.7 Å². The smallest absolute Gasteiger partial charge is 0.343 e. The Bertz CT molecular complexity index is 2310. The van der Waals surface area contributed by atoms with Crippen molar-refractivity contribution in [3.63, 3.8) is 0 Å². The first-order chi connectivity index (χ1) is 33.2. The molecule has 0 bridgehead atoms. The Balaban J connectivity index is 0.928. The van der Waals surface area contributed by atoms with Gasteiger partial charge in [0.25, 0.3) is 0 Å². The Morgan fingerprint density at radius 1 is 0.696 bits per heavy atom. The van der Waals surface area contributed by atoms with Gasteiger partial charge in [0, 0.05) is 30.4 Å². The average Bonchev–Trinajstić information content (AvgIpc) is 3.35. The summed E-state index contributed by atoms with van der Waals surface area (Å²) in [5, 5.41) is 21.3. The highest BCUT2D eigenvalue weighted by Gasteiger charge is 2.44. The molecule has 2 aliphatic heterocycles. The number of benzene rings is 4. The Morgan fingerprint density at radius 3 is 1.90 bits per heavy atom. The molecule has 6 unspecified atom stereocenters. The highest BCUT2D eigenvalue weighted by atomic mass is 16.7. The minimum Gasteiger partial charge on any atom is -0.494 e. The largest absolute Gasteiger partial charge is 0.494 e. The summed E-state index contributed by atoms with van der Waals surface area (Å²) in [7, 11) is 0. The van der Waals surface area contributed by atoms with E-state index in [4.69, 9.17) is 52.1 Å². The van der Waals surface area contributed by atoms with E-state index in [1.54, 1.807) is 72.8 Å². The number of unbranched alkanes of at least 4 members (excludes halogenated alkanes) is 2. The number of hydrogen-bond donors (Lipinski definition) is 2. The van der Waals surface area contributed by atoms with Crippen molar-refractivity contribution in [2.45, 2.75) is 82.1 Å². The van der Waals surface area contributed by atoms with Crippen molar-refractivity contribution in [3.8, 4) is 23.0 Å². The van der Waals surface area contributed by atoms with E-state index in [0.717, 1.165) is 6.08 Å². The van der Waals surface area contributed by atoms with Gasteiger partial charge >= 0.3 is 23.9 Å². The first kappa shape index (κ1) is 52.1. The van der Waals surface area contributed by atoms with Crippen LogP contribution in [0.3, 0.4) is 0 Å². The molecule has 368 valence electrons. The summed E-state index contributed by atoms with van der Waals surface area (Å²) in [5.74, 6) is -4.06. The van der Waals surface area contributed by atoms with Gasteiger partial charge in [0.05, 0.1) is 43.7 Å². The molecular formula is C52H58O17. The maximum absolute atomic E-state index is 12.9. The Morgan fingerprint density at radius 2 is 1.26 bits per heavy atom. The van der Waals surface area contributed by atoms with Crippen LogP contribution in [0.25, 0.3) is 0 Å². The molecule has 0 aliphatic carbocycles. The maximum Gasteiger partial charge on any atom is 0.343 e. The fourth-order valence-electron chi connectivity index (χ4n) is 6.97.